The van der Waals surface area contributed by atoms with Crippen molar-refractivity contribution in [2.24, 2.45) is 5.92 Å². The fourth-order valence-electron chi connectivity index (χ4n) is 2.62. The van der Waals surface area contributed by atoms with E-state index in [1.807, 2.05) is 32.6 Å². The van der Waals surface area contributed by atoms with Crippen LogP contribution in [0.5, 0.6) is 0 Å². The minimum Gasteiger partial charge on any atom is -0.444 e. The Balaban J connectivity index is 1.65. The molecular formula is C16H28N4O2. The normalized spacial score (nSPS) is 16.8. The maximum Gasteiger partial charge on any atom is 0.410 e. The van der Waals surface area contributed by atoms with Gasteiger partial charge in [-0.3, -0.25) is 5.10 Å². The van der Waals surface area contributed by atoms with Crippen LogP contribution in [0.25, 0.3) is 0 Å². The van der Waals surface area contributed by atoms with Gasteiger partial charge in [0.25, 0.3) is 0 Å². The predicted molar refractivity (Wildman–Crippen MR) is 85.6 cm³/mol. The zero-order valence-corrected chi connectivity index (χ0v) is 14.1. The molecule has 0 radical (unpaired) electrons. The van der Waals surface area contributed by atoms with E-state index in [9.17, 15) is 4.79 Å². The first-order valence-corrected chi connectivity index (χ1v) is 8.03. The maximum atomic E-state index is 12.0. The zero-order valence-electron chi connectivity index (χ0n) is 14.1. The van der Waals surface area contributed by atoms with Crippen molar-refractivity contribution in [3.05, 3.63) is 17.5 Å². The van der Waals surface area contributed by atoms with Crippen LogP contribution in [0.4, 0.5) is 4.79 Å². The van der Waals surface area contributed by atoms with Gasteiger partial charge < -0.3 is 15.0 Å². The van der Waals surface area contributed by atoms with Crippen LogP contribution in [-0.4, -0.2) is 46.4 Å². The highest BCUT2D eigenvalue weighted by Gasteiger charge is 2.26. The molecule has 1 amide bonds. The highest BCUT2D eigenvalue weighted by atomic mass is 16.6. The third-order valence-corrected chi connectivity index (χ3v) is 3.76. The molecule has 2 heterocycles. The fraction of sp³-hybridized carbons (Fsp3) is 0.750. The first-order chi connectivity index (χ1) is 10.3. The van der Waals surface area contributed by atoms with Crippen molar-refractivity contribution in [3.63, 3.8) is 0 Å². The van der Waals surface area contributed by atoms with Crippen molar-refractivity contribution in [2.45, 2.75) is 52.7 Å². The lowest BCUT2D eigenvalue weighted by molar-refractivity contribution is 0.0184. The topological polar surface area (TPSA) is 70.2 Å². The summed E-state index contributed by atoms with van der Waals surface area (Å²) >= 11 is 0. The van der Waals surface area contributed by atoms with Gasteiger partial charge >= 0.3 is 6.09 Å². The Morgan fingerprint density at radius 3 is 2.68 bits per heavy atom. The molecule has 0 aliphatic carbocycles. The molecule has 1 aromatic heterocycles. The van der Waals surface area contributed by atoms with E-state index in [4.69, 9.17) is 4.74 Å². The van der Waals surface area contributed by atoms with E-state index in [2.05, 4.69) is 21.6 Å². The number of amides is 1. The number of nitrogens with one attached hydrogen (secondary N) is 2. The number of hydrogen-bond donors (Lipinski definition) is 2. The Morgan fingerprint density at radius 2 is 2.14 bits per heavy atom. The van der Waals surface area contributed by atoms with Crippen molar-refractivity contribution >= 4 is 6.09 Å². The average molecular weight is 308 g/mol. The summed E-state index contributed by atoms with van der Waals surface area (Å²) < 4.78 is 5.41. The summed E-state index contributed by atoms with van der Waals surface area (Å²) in [6.45, 7) is 11.0. The summed E-state index contributed by atoms with van der Waals surface area (Å²) in [5.74, 6) is 0.610. The van der Waals surface area contributed by atoms with Crippen LogP contribution in [-0.2, 0) is 11.3 Å². The molecule has 0 saturated carbocycles. The van der Waals surface area contributed by atoms with Crippen molar-refractivity contribution in [3.8, 4) is 0 Å². The Morgan fingerprint density at radius 1 is 1.45 bits per heavy atom. The molecule has 1 aromatic rings. The molecule has 1 aliphatic heterocycles. The number of hydrogen-bond acceptors (Lipinski definition) is 4. The van der Waals surface area contributed by atoms with Gasteiger partial charge in [0.1, 0.15) is 5.60 Å². The van der Waals surface area contributed by atoms with Gasteiger partial charge in [-0.25, -0.2) is 4.79 Å². The van der Waals surface area contributed by atoms with Crippen molar-refractivity contribution in [1.82, 2.24) is 20.4 Å². The van der Waals surface area contributed by atoms with E-state index in [-0.39, 0.29) is 6.09 Å². The molecule has 0 atom stereocenters. The van der Waals surface area contributed by atoms with Crippen molar-refractivity contribution < 1.29 is 9.53 Å². The van der Waals surface area contributed by atoms with Gasteiger partial charge in [0.2, 0.25) is 0 Å². The number of H-pyrrole nitrogens is 1. The van der Waals surface area contributed by atoms with Gasteiger partial charge in [-0.1, -0.05) is 0 Å². The van der Waals surface area contributed by atoms with Crippen LogP contribution >= 0.6 is 0 Å². The summed E-state index contributed by atoms with van der Waals surface area (Å²) in [5, 5.41) is 10.6. The number of aryl methyl sites for hydroxylation is 1. The molecule has 0 spiro atoms. The Kier molecular flexibility index (Phi) is 5.45. The Hall–Kier alpha value is -1.56. The summed E-state index contributed by atoms with van der Waals surface area (Å²) in [6.07, 6.45) is 1.85. The molecule has 1 aliphatic rings. The van der Waals surface area contributed by atoms with E-state index in [1.54, 1.807) is 0 Å². The zero-order chi connectivity index (χ0) is 16.2. The van der Waals surface area contributed by atoms with E-state index >= 15 is 0 Å². The molecule has 2 rings (SSSR count). The lowest BCUT2D eigenvalue weighted by atomic mass is 9.97. The summed E-state index contributed by atoms with van der Waals surface area (Å²) in [4.78, 5) is 13.8. The van der Waals surface area contributed by atoms with Crippen LogP contribution < -0.4 is 5.32 Å². The average Bonchev–Trinajstić information content (AvgIpc) is 2.83. The standard InChI is InChI=1S/C16H28N4O2/c1-12-9-14(19-18-12)11-17-10-13-5-7-20(8-6-13)15(21)22-16(2,3)4/h9,13,17H,5-8,10-11H2,1-4H3,(H,18,19). The molecule has 6 heteroatoms. The van der Waals surface area contributed by atoms with Crippen LogP contribution in [0.1, 0.15) is 45.0 Å². The molecule has 0 unspecified atom stereocenters. The lowest BCUT2D eigenvalue weighted by Gasteiger charge is -2.33. The van der Waals surface area contributed by atoms with E-state index < -0.39 is 5.60 Å². The van der Waals surface area contributed by atoms with Crippen LogP contribution in [0.15, 0.2) is 6.07 Å². The number of likely N-dealkylation sites (tertiary alicyclic amines) is 1. The Labute approximate surface area is 132 Å². The number of aromatic amines is 1. The Bertz CT molecular complexity index is 485. The number of carbonyl (C=O) groups is 1. The molecule has 2 N–H and O–H groups in total. The van der Waals surface area contributed by atoms with Crippen molar-refractivity contribution in [2.75, 3.05) is 19.6 Å². The second-order valence-electron chi connectivity index (χ2n) is 7.08. The van der Waals surface area contributed by atoms with Gasteiger partial charge in [0.05, 0.1) is 5.69 Å². The summed E-state index contributed by atoms with van der Waals surface area (Å²) in [5.41, 5.74) is 1.71. The van der Waals surface area contributed by atoms with Crippen LogP contribution in [0.2, 0.25) is 0 Å². The van der Waals surface area contributed by atoms with Gasteiger partial charge in [0, 0.05) is 25.3 Å². The second kappa shape index (κ2) is 7.13. The van der Waals surface area contributed by atoms with Gasteiger partial charge in [-0.2, -0.15) is 5.10 Å². The third-order valence-electron chi connectivity index (χ3n) is 3.76. The molecule has 1 fully saturated rings. The highest BCUT2D eigenvalue weighted by Crippen LogP contribution is 2.19. The van der Waals surface area contributed by atoms with E-state index in [0.29, 0.717) is 5.92 Å². The number of nitrogens with zero attached hydrogens (tertiary/aromatic N) is 2. The largest absolute Gasteiger partial charge is 0.444 e. The molecule has 6 nitrogen and oxygen atoms in total. The number of ether oxygens (including phenoxy) is 1. The van der Waals surface area contributed by atoms with Gasteiger partial charge in [-0.15, -0.1) is 0 Å². The highest BCUT2D eigenvalue weighted by molar-refractivity contribution is 5.68. The molecule has 0 bridgehead atoms. The second-order valence-corrected chi connectivity index (χ2v) is 7.08. The van der Waals surface area contributed by atoms with Gasteiger partial charge in [-0.05, 0) is 59.1 Å². The molecule has 22 heavy (non-hydrogen) atoms. The monoisotopic (exact) mass is 308 g/mol. The minimum absolute atomic E-state index is 0.189. The smallest absolute Gasteiger partial charge is 0.410 e. The molecular weight excluding hydrogens is 280 g/mol. The van der Waals surface area contributed by atoms with Crippen molar-refractivity contribution in [1.29, 1.82) is 0 Å². The SMILES string of the molecule is Cc1cc(CNCC2CCN(C(=O)OC(C)(C)C)CC2)n[nH]1. The van der Waals surface area contributed by atoms with Crippen LogP contribution in [0, 0.1) is 12.8 Å². The van der Waals surface area contributed by atoms with Gasteiger partial charge in [0.15, 0.2) is 0 Å². The van der Waals surface area contributed by atoms with E-state index in [0.717, 1.165) is 50.4 Å². The number of carbonyl (C=O) groups excluding carboxylic acids is 1. The third kappa shape index (κ3) is 5.33. The minimum atomic E-state index is -0.419. The predicted octanol–water partition coefficient (Wildman–Crippen LogP) is 2.45. The quantitative estimate of drug-likeness (QED) is 0.896. The number of aromatic nitrogens is 2. The first kappa shape index (κ1) is 16.8. The molecule has 0 aromatic carbocycles. The number of piperidine rings is 1. The fourth-order valence-corrected chi connectivity index (χ4v) is 2.62. The summed E-state index contributed by atoms with van der Waals surface area (Å²) in [7, 11) is 0. The van der Waals surface area contributed by atoms with Crippen LogP contribution in [0.3, 0.4) is 0 Å². The maximum absolute atomic E-state index is 12.0. The number of rotatable bonds is 4. The summed E-state index contributed by atoms with van der Waals surface area (Å²) in [6, 6.07) is 2.05. The lowest BCUT2D eigenvalue weighted by Crippen LogP contribution is -2.43. The molecule has 124 valence electrons. The first-order valence-electron chi connectivity index (χ1n) is 8.03. The molecule has 1 saturated heterocycles. The van der Waals surface area contributed by atoms with E-state index in [1.165, 1.54) is 0 Å².